The fourth-order valence-electron chi connectivity index (χ4n) is 1.48. The minimum absolute atomic E-state index is 0.265. The van der Waals surface area contributed by atoms with Crippen LogP contribution in [0.4, 0.5) is 0 Å². The highest BCUT2D eigenvalue weighted by atomic mass is 16.3. The van der Waals surface area contributed by atoms with Gasteiger partial charge in [0.25, 0.3) is 0 Å². The Morgan fingerprint density at radius 3 is 2.36 bits per heavy atom. The molecule has 72 valence electrons. The molecular formula is C10H11N3O. The molecule has 0 atom stereocenters. The summed E-state index contributed by atoms with van der Waals surface area (Å²) in [4.78, 5) is 0. The van der Waals surface area contributed by atoms with Crippen molar-refractivity contribution in [2.45, 2.75) is 6.92 Å². The Kier molecular flexibility index (Phi) is 1.96. The summed E-state index contributed by atoms with van der Waals surface area (Å²) < 4.78 is 1.72. The number of phenolic OH excluding ortho intramolecular Hbond substituents is 1. The van der Waals surface area contributed by atoms with Crippen molar-refractivity contribution in [2.24, 2.45) is 7.05 Å². The summed E-state index contributed by atoms with van der Waals surface area (Å²) >= 11 is 0. The van der Waals surface area contributed by atoms with E-state index in [9.17, 15) is 0 Å². The van der Waals surface area contributed by atoms with Crippen LogP contribution in [0.3, 0.4) is 0 Å². The molecule has 0 radical (unpaired) electrons. The molecule has 0 aliphatic carbocycles. The summed E-state index contributed by atoms with van der Waals surface area (Å²) in [6.07, 6.45) is 0. The van der Waals surface area contributed by atoms with Crippen LogP contribution in [0, 0.1) is 6.92 Å². The minimum atomic E-state index is 0.265. The van der Waals surface area contributed by atoms with E-state index in [0.717, 1.165) is 17.0 Å². The molecule has 0 fully saturated rings. The molecule has 0 spiro atoms. The molecular weight excluding hydrogens is 178 g/mol. The number of hydrogen-bond donors (Lipinski definition) is 1. The molecule has 1 N–H and O–H groups in total. The quantitative estimate of drug-likeness (QED) is 0.739. The molecule has 1 aromatic carbocycles. The summed E-state index contributed by atoms with van der Waals surface area (Å²) in [5.41, 5.74) is 2.87. The largest absolute Gasteiger partial charge is 0.508 e. The summed E-state index contributed by atoms with van der Waals surface area (Å²) in [6, 6.07) is 7.01. The zero-order valence-corrected chi connectivity index (χ0v) is 8.10. The Balaban J connectivity index is 2.54. The fourth-order valence-corrected chi connectivity index (χ4v) is 1.48. The van der Waals surface area contributed by atoms with Gasteiger partial charge in [-0.2, -0.15) is 0 Å². The molecule has 0 saturated heterocycles. The second-order valence-electron chi connectivity index (χ2n) is 3.19. The molecule has 2 rings (SSSR count). The molecule has 0 aliphatic heterocycles. The van der Waals surface area contributed by atoms with Crippen LogP contribution in [0.2, 0.25) is 0 Å². The molecule has 1 aromatic heterocycles. The van der Waals surface area contributed by atoms with Gasteiger partial charge in [0.1, 0.15) is 5.75 Å². The first-order chi connectivity index (χ1) is 6.68. The van der Waals surface area contributed by atoms with Crippen LogP contribution < -0.4 is 0 Å². The molecule has 4 nitrogen and oxygen atoms in total. The first-order valence-electron chi connectivity index (χ1n) is 4.34. The van der Waals surface area contributed by atoms with Crippen LogP contribution in [-0.2, 0) is 7.05 Å². The third kappa shape index (κ3) is 1.35. The highest BCUT2D eigenvalue weighted by Crippen LogP contribution is 2.22. The molecule has 0 aliphatic rings. The molecule has 2 aromatic rings. The van der Waals surface area contributed by atoms with Crippen molar-refractivity contribution < 1.29 is 5.11 Å². The maximum atomic E-state index is 9.15. The Morgan fingerprint density at radius 1 is 1.21 bits per heavy atom. The number of hydrogen-bond acceptors (Lipinski definition) is 3. The summed E-state index contributed by atoms with van der Waals surface area (Å²) in [7, 11) is 1.85. The van der Waals surface area contributed by atoms with Crippen molar-refractivity contribution in [2.75, 3.05) is 0 Å². The first-order valence-corrected chi connectivity index (χ1v) is 4.34. The highest BCUT2D eigenvalue weighted by Gasteiger charge is 2.08. The zero-order valence-electron chi connectivity index (χ0n) is 8.10. The van der Waals surface area contributed by atoms with Crippen LogP contribution in [0.25, 0.3) is 11.3 Å². The van der Waals surface area contributed by atoms with E-state index in [1.807, 2.05) is 26.1 Å². The predicted octanol–water partition coefficient (Wildman–Crippen LogP) is 1.50. The van der Waals surface area contributed by atoms with Crippen molar-refractivity contribution in [3.8, 4) is 17.0 Å². The van der Waals surface area contributed by atoms with E-state index in [2.05, 4.69) is 10.3 Å². The lowest BCUT2D eigenvalue weighted by Gasteiger charge is -2.01. The second-order valence-corrected chi connectivity index (χ2v) is 3.19. The molecule has 14 heavy (non-hydrogen) atoms. The number of phenols is 1. The zero-order chi connectivity index (χ0) is 10.1. The minimum Gasteiger partial charge on any atom is -0.508 e. The van der Waals surface area contributed by atoms with Crippen LogP contribution >= 0.6 is 0 Å². The monoisotopic (exact) mass is 189 g/mol. The summed E-state index contributed by atoms with van der Waals surface area (Å²) in [5.74, 6) is 0.265. The molecule has 0 bridgehead atoms. The SMILES string of the molecule is Cc1nnn(C)c1-c1ccc(O)cc1. The first kappa shape index (κ1) is 8.74. The van der Waals surface area contributed by atoms with E-state index in [4.69, 9.17) is 5.11 Å². The Morgan fingerprint density at radius 2 is 1.86 bits per heavy atom. The maximum absolute atomic E-state index is 9.15. The molecule has 4 heteroatoms. The van der Waals surface area contributed by atoms with Crippen molar-refractivity contribution in [1.29, 1.82) is 0 Å². The van der Waals surface area contributed by atoms with Gasteiger partial charge in [0.2, 0.25) is 0 Å². The van der Waals surface area contributed by atoms with Gasteiger partial charge < -0.3 is 5.11 Å². The number of nitrogens with zero attached hydrogens (tertiary/aromatic N) is 3. The molecule has 0 saturated carbocycles. The van der Waals surface area contributed by atoms with E-state index < -0.39 is 0 Å². The lowest BCUT2D eigenvalue weighted by atomic mass is 10.1. The van der Waals surface area contributed by atoms with E-state index in [1.165, 1.54) is 0 Å². The number of aromatic hydroxyl groups is 1. The standard InChI is InChI=1S/C10H11N3O/c1-7-10(13(2)12-11-7)8-3-5-9(14)6-4-8/h3-6,14H,1-2H3. The van der Waals surface area contributed by atoms with E-state index >= 15 is 0 Å². The van der Waals surface area contributed by atoms with Crippen LogP contribution in [0.1, 0.15) is 5.69 Å². The van der Waals surface area contributed by atoms with Gasteiger partial charge in [-0.1, -0.05) is 5.21 Å². The maximum Gasteiger partial charge on any atom is 0.115 e. The van der Waals surface area contributed by atoms with Crippen LogP contribution in [0.5, 0.6) is 5.75 Å². The van der Waals surface area contributed by atoms with Gasteiger partial charge in [-0.3, -0.25) is 0 Å². The average molecular weight is 189 g/mol. The lowest BCUT2D eigenvalue weighted by Crippen LogP contribution is -1.94. The topological polar surface area (TPSA) is 50.9 Å². The normalized spacial score (nSPS) is 10.4. The number of aromatic nitrogens is 3. The number of rotatable bonds is 1. The molecule has 0 amide bonds. The van der Waals surface area contributed by atoms with E-state index in [1.54, 1.807) is 16.8 Å². The van der Waals surface area contributed by atoms with Gasteiger partial charge in [0, 0.05) is 12.6 Å². The third-order valence-electron chi connectivity index (χ3n) is 2.14. The highest BCUT2D eigenvalue weighted by molar-refractivity contribution is 5.62. The van der Waals surface area contributed by atoms with Gasteiger partial charge in [0.05, 0.1) is 11.4 Å². The van der Waals surface area contributed by atoms with E-state index in [-0.39, 0.29) is 5.75 Å². The van der Waals surface area contributed by atoms with Crippen molar-refractivity contribution in [3.05, 3.63) is 30.0 Å². The van der Waals surface area contributed by atoms with Crippen molar-refractivity contribution >= 4 is 0 Å². The second kappa shape index (κ2) is 3.14. The Hall–Kier alpha value is -1.84. The van der Waals surface area contributed by atoms with Crippen LogP contribution in [-0.4, -0.2) is 20.1 Å². The van der Waals surface area contributed by atoms with Gasteiger partial charge in [-0.05, 0) is 31.2 Å². The van der Waals surface area contributed by atoms with Gasteiger partial charge in [-0.15, -0.1) is 5.10 Å². The van der Waals surface area contributed by atoms with Gasteiger partial charge in [0.15, 0.2) is 0 Å². The number of aryl methyl sites for hydroxylation is 2. The van der Waals surface area contributed by atoms with Crippen molar-refractivity contribution in [1.82, 2.24) is 15.0 Å². The summed E-state index contributed by atoms with van der Waals surface area (Å²) in [6.45, 7) is 1.91. The van der Waals surface area contributed by atoms with Gasteiger partial charge >= 0.3 is 0 Å². The Bertz CT molecular complexity index is 425. The van der Waals surface area contributed by atoms with Crippen LogP contribution in [0.15, 0.2) is 24.3 Å². The summed E-state index contributed by atoms with van der Waals surface area (Å²) in [5, 5.41) is 17.0. The van der Waals surface area contributed by atoms with Crippen molar-refractivity contribution in [3.63, 3.8) is 0 Å². The van der Waals surface area contributed by atoms with E-state index in [0.29, 0.717) is 0 Å². The lowest BCUT2D eigenvalue weighted by molar-refractivity contribution is 0.475. The Labute approximate surface area is 81.8 Å². The predicted molar refractivity (Wildman–Crippen MR) is 52.8 cm³/mol. The van der Waals surface area contributed by atoms with Gasteiger partial charge in [-0.25, -0.2) is 4.68 Å². The average Bonchev–Trinajstić information content (AvgIpc) is 2.49. The molecule has 1 heterocycles. The molecule has 0 unspecified atom stereocenters. The fraction of sp³-hybridized carbons (Fsp3) is 0.200. The smallest absolute Gasteiger partial charge is 0.115 e. The number of benzene rings is 1. The third-order valence-corrected chi connectivity index (χ3v) is 2.14.